The molecule has 0 aromatic heterocycles. The van der Waals surface area contributed by atoms with E-state index in [-0.39, 0.29) is 24.2 Å². The third kappa shape index (κ3) is 4.86. The molecule has 2 heterocycles. The maximum atomic E-state index is 12.6. The fourth-order valence-electron chi connectivity index (χ4n) is 3.61. The molecule has 0 aliphatic carbocycles. The highest BCUT2D eigenvalue weighted by Crippen LogP contribution is 2.31. The lowest BCUT2D eigenvalue weighted by Crippen LogP contribution is -2.62. The molecule has 1 amide bonds. The molecule has 1 saturated heterocycles. The van der Waals surface area contributed by atoms with E-state index in [4.69, 9.17) is 27.4 Å². The Balaban J connectivity index is 1.63. The minimum atomic E-state index is -0.536. The minimum Gasteiger partial charge on any atom is -0.493 e. The standard InChI is InChI=1S/C20H30N4O3S/c1-12-10-14(21)16(11-24(12)19(25)27-20(2,3)4)23-18(28)22-15-6-5-7-17-13(15)8-9-26-17/h5-7,12,14,16H,8-11,21H2,1-4H3,(H2,22,23,28)/t12-,14+,16-/m0/s1. The maximum Gasteiger partial charge on any atom is 0.410 e. The Bertz CT molecular complexity index is 749. The second-order valence-corrected chi connectivity index (χ2v) is 8.88. The van der Waals surface area contributed by atoms with Gasteiger partial charge in [0.1, 0.15) is 11.4 Å². The molecule has 154 valence electrons. The number of anilines is 1. The number of amides is 1. The van der Waals surface area contributed by atoms with Crippen LogP contribution in [0.15, 0.2) is 18.2 Å². The van der Waals surface area contributed by atoms with Gasteiger partial charge >= 0.3 is 6.09 Å². The van der Waals surface area contributed by atoms with E-state index in [0.717, 1.165) is 23.4 Å². The van der Waals surface area contributed by atoms with Gasteiger partial charge in [0.15, 0.2) is 5.11 Å². The van der Waals surface area contributed by atoms with Crippen LogP contribution < -0.4 is 21.1 Å². The molecule has 1 fully saturated rings. The monoisotopic (exact) mass is 406 g/mol. The number of rotatable bonds is 2. The predicted molar refractivity (Wildman–Crippen MR) is 114 cm³/mol. The van der Waals surface area contributed by atoms with E-state index in [2.05, 4.69) is 10.6 Å². The summed E-state index contributed by atoms with van der Waals surface area (Å²) in [5.74, 6) is 0.895. The van der Waals surface area contributed by atoms with Crippen LogP contribution in [0.3, 0.4) is 0 Å². The smallest absolute Gasteiger partial charge is 0.410 e. The van der Waals surface area contributed by atoms with Crippen LogP contribution >= 0.6 is 12.2 Å². The number of thiocarbonyl (C=S) groups is 1. The number of nitrogens with zero attached hydrogens (tertiary/aromatic N) is 1. The fourth-order valence-corrected chi connectivity index (χ4v) is 3.87. The number of nitrogens with one attached hydrogen (secondary N) is 2. The van der Waals surface area contributed by atoms with Gasteiger partial charge in [0.05, 0.1) is 12.6 Å². The van der Waals surface area contributed by atoms with Gasteiger partial charge in [0.25, 0.3) is 0 Å². The molecule has 7 nitrogen and oxygen atoms in total. The summed E-state index contributed by atoms with van der Waals surface area (Å²) in [7, 11) is 0. The number of carbonyl (C=O) groups excluding carboxylic acids is 1. The lowest BCUT2D eigenvalue weighted by Gasteiger charge is -2.42. The van der Waals surface area contributed by atoms with Crippen LogP contribution in [0.25, 0.3) is 0 Å². The second-order valence-electron chi connectivity index (χ2n) is 8.47. The molecule has 2 aliphatic heterocycles. The average Bonchev–Trinajstić information content (AvgIpc) is 3.05. The van der Waals surface area contributed by atoms with Crippen LogP contribution in [-0.2, 0) is 11.2 Å². The van der Waals surface area contributed by atoms with Gasteiger partial charge in [0.2, 0.25) is 0 Å². The summed E-state index contributed by atoms with van der Waals surface area (Å²) < 4.78 is 11.1. The Kier molecular flexibility index (Phi) is 6.00. The summed E-state index contributed by atoms with van der Waals surface area (Å²) >= 11 is 5.51. The number of likely N-dealkylation sites (tertiary alicyclic amines) is 1. The van der Waals surface area contributed by atoms with E-state index in [1.54, 1.807) is 4.90 Å². The fraction of sp³-hybridized carbons (Fsp3) is 0.600. The highest BCUT2D eigenvalue weighted by Gasteiger charge is 2.36. The van der Waals surface area contributed by atoms with Crippen molar-refractivity contribution >= 4 is 29.1 Å². The lowest BCUT2D eigenvalue weighted by molar-refractivity contribution is 0.00730. The first kappa shape index (κ1) is 20.7. The van der Waals surface area contributed by atoms with Crippen molar-refractivity contribution in [1.82, 2.24) is 10.2 Å². The van der Waals surface area contributed by atoms with Crippen LogP contribution in [0.5, 0.6) is 5.75 Å². The molecule has 1 aromatic rings. The normalized spacial score (nSPS) is 24.2. The predicted octanol–water partition coefficient (Wildman–Crippen LogP) is 2.63. The van der Waals surface area contributed by atoms with Crippen molar-refractivity contribution in [3.63, 3.8) is 0 Å². The Hall–Kier alpha value is -2.06. The van der Waals surface area contributed by atoms with Crippen molar-refractivity contribution in [2.75, 3.05) is 18.5 Å². The summed E-state index contributed by atoms with van der Waals surface area (Å²) in [6.45, 7) is 8.70. The summed E-state index contributed by atoms with van der Waals surface area (Å²) in [6.07, 6.45) is 1.21. The number of piperidine rings is 1. The molecule has 0 saturated carbocycles. The van der Waals surface area contributed by atoms with Gasteiger partial charge in [-0.2, -0.15) is 0 Å². The topological polar surface area (TPSA) is 88.9 Å². The Morgan fingerprint density at radius 3 is 2.86 bits per heavy atom. The van der Waals surface area contributed by atoms with Crippen LogP contribution in [0.1, 0.15) is 39.7 Å². The first-order valence-electron chi connectivity index (χ1n) is 9.71. The largest absolute Gasteiger partial charge is 0.493 e. The number of fused-ring (bicyclic) bond motifs is 1. The first-order chi connectivity index (χ1) is 13.1. The molecular weight excluding hydrogens is 376 g/mol. The lowest BCUT2D eigenvalue weighted by atomic mass is 9.95. The molecule has 0 bridgehead atoms. The van der Waals surface area contributed by atoms with Crippen LogP contribution in [0.2, 0.25) is 0 Å². The zero-order valence-electron chi connectivity index (χ0n) is 17.0. The molecule has 4 N–H and O–H groups in total. The Labute approximate surface area is 171 Å². The summed E-state index contributed by atoms with van der Waals surface area (Å²) in [5, 5.41) is 7.02. The van der Waals surface area contributed by atoms with Crippen molar-refractivity contribution in [1.29, 1.82) is 0 Å². The van der Waals surface area contributed by atoms with Gasteiger partial charge in [-0.15, -0.1) is 0 Å². The summed E-state index contributed by atoms with van der Waals surface area (Å²) in [4.78, 5) is 14.3. The first-order valence-corrected chi connectivity index (χ1v) is 10.1. The van der Waals surface area contributed by atoms with Gasteiger partial charge < -0.3 is 30.7 Å². The number of hydrogen-bond donors (Lipinski definition) is 3. The zero-order chi connectivity index (χ0) is 20.5. The molecule has 3 rings (SSSR count). The van der Waals surface area contributed by atoms with Gasteiger partial charge in [-0.05, 0) is 58.5 Å². The summed E-state index contributed by atoms with van der Waals surface area (Å²) in [5.41, 5.74) is 7.87. The average molecular weight is 407 g/mol. The van der Waals surface area contributed by atoms with Crippen molar-refractivity contribution in [3.05, 3.63) is 23.8 Å². The number of carbonyl (C=O) groups is 1. The van der Waals surface area contributed by atoms with Crippen molar-refractivity contribution in [3.8, 4) is 5.75 Å². The number of ether oxygens (including phenoxy) is 2. The molecular formula is C20H30N4O3S. The van der Waals surface area contributed by atoms with Crippen LogP contribution in [0.4, 0.5) is 10.5 Å². The van der Waals surface area contributed by atoms with E-state index >= 15 is 0 Å². The van der Waals surface area contributed by atoms with Gasteiger partial charge in [0, 0.05) is 36.3 Å². The molecule has 2 aliphatic rings. The molecule has 3 atom stereocenters. The molecule has 0 spiro atoms. The van der Waals surface area contributed by atoms with Crippen molar-refractivity contribution in [2.24, 2.45) is 5.73 Å². The van der Waals surface area contributed by atoms with E-state index in [9.17, 15) is 4.79 Å². The van der Waals surface area contributed by atoms with Gasteiger partial charge in [-0.1, -0.05) is 6.07 Å². The molecule has 0 unspecified atom stereocenters. The highest BCUT2D eigenvalue weighted by molar-refractivity contribution is 7.80. The van der Waals surface area contributed by atoms with E-state index in [0.29, 0.717) is 24.7 Å². The van der Waals surface area contributed by atoms with Crippen LogP contribution in [0, 0.1) is 0 Å². The number of benzene rings is 1. The number of hydrogen-bond acceptors (Lipinski definition) is 5. The van der Waals surface area contributed by atoms with Crippen molar-refractivity contribution in [2.45, 2.75) is 64.3 Å². The van der Waals surface area contributed by atoms with E-state index < -0.39 is 5.60 Å². The third-order valence-electron chi connectivity index (χ3n) is 4.99. The molecule has 8 heteroatoms. The third-order valence-corrected chi connectivity index (χ3v) is 5.21. The SMILES string of the molecule is C[C@H]1C[C@@H](N)[C@@H](NC(=S)Nc2cccc3c2CCO3)CN1C(=O)OC(C)(C)C. The molecule has 28 heavy (non-hydrogen) atoms. The Morgan fingerprint density at radius 2 is 2.14 bits per heavy atom. The summed E-state index contributed by atoms with van der Waals surface area (Å²) in [6, 6.07) is 5.63. The maximum absolute atomic E-state index is 12.6. The second kappa shape index (κ2) is 8.13. The quantitative estimate of drug-likeness (QED) is 0.651. The minimum absolute atomic E-state index is 0.0129. The number of nitrogens with two attached hydrogens (primary N) is 1. The molecule has 0 radical (unpaired) electrons. The van der Waals surface area contributed by atoms with E-state index in [1.807, 2.05) is 45.9 Å². The molecule has 1 aromatic carbocycles. The van der Waals surface area contributed by atoms with Crippen LogP contribution in [-0.4, -0.2) is 53.0 Å². The van der Waals surface area contributed by atoms with Crippen molar-refractivity contribution < 1.29 is 14.3 Å². The van der Waals surface area contributed by atoms with Gasteiger partial charge in [-0.3, -0.25) is 0 Å². The van der Waals surface area contributed by atoms with Gasteiger partial charge in [-0.25, -0.2) is 4.79 Å². The Morgan fingerprint density at radius 1 is 1.39 bits per heavy atom. The highest BCUT2D eigenvalue weighted by atomic mass is 32.1. The zero-order valence-corrected chi connectivity index (χ0v) is 17.8. The van der Waals surface area contributed by atoms with E-state index in [1.165, 1.54) is 0 Å².